The van der Waals surface area contributed by atoms with Crippen LogP contribution in [0.4, 0.5) is 5.69 Å². The summed E-state index contributed by atoms with van der Waals surface area (Å²) in [5.41, 5.74) is 3.63. The molecule has 0 aliphatic rings. The van der Waals surface area contributed by atoms with Crippen LogP contribution in [0.5, 0.6) is 11.5 Å². The maximum Gasteiger partial charge on any atom is 0.265 e. The van der Waals surface area contributed by atoms with E-state index in [1.54, 1.807) is 32.4 Å². The van der Waals surface area contributed by atoms with Gasteiger partial charge in [-0.15, -0.1) is 0 Å². The van der Waals surface area contributed by atoms with E-state index in [9.17, 15) is 4.79 Å². The van der Waals surface area contributed by atoms with Gasteiger partial charge in [0.05, 0.1) is 20.4 Å². The Balaban J connectivity index is 1.96. The number of benzene rings is 2. The van der Waals surface area contributed by atoms with Crippen molar-refractivity contribution < 1.29 is 19.1 Å². The van der Waals surface area contributed by atoms with E-state index >= 15 is 0 Å². The summed E-state index contributed by atoms with van der Waals surface area (Å²) in [5.74, 6) is 1.05. The Kier molecular flexibility index (Phi) is 7.02. The molecule has 6 nitrogen and oxygen atoms in total. The molecule has 0 aliphatic heterocycles. The second kappa shape index (κ2) is 9.46. The first-order chi connectivity index (χ1) is 12.6. The minimum Gasteiger partial charge on any atom is -0.497 e. The minimum atomic E-state index is -0.260. The van der Waals surface area contributed by atoms with Gasteiger partial charge in [-0.25, -0.2) is 0 Å². The SMILES string of the molecule is CCc1cccc(C)c1NC(=O)CO/N=C\c1cc(OC)ccc1OC. The number of oxime groups is 1. The molecule has 0 spiro atoms. The Labute approximate surface area is 153 Å². The summed E-state index contributed by atoms with van der Waals surface area (Å²) in [5, 5.41) is 6.74. The van der Waals surface area contributed by atoms with Crippen molar-refractivity contribution in [2.45, 2.75) is 20.3 Å². The molecule has 138 valence electrons. The van der Waals surface area contributed by atoms with Crippen molar-refractivity contribution in [1.29, 1.82) is 0 Å². The van der Waals surface area contributed by atoms with Crippen LogP contribution >= 0.6 is 0 Å². The van der Waals surface area contributed by atoms with Gasteiger partial charge < -0.3 is 19.6 Å². The van der Waals surface area contributed by atoms with Gasteiger partial charge in [0.25, 0.3) is 5.91 Å². The summed E-state index contributed by atoms with van der Waals surface area (Å²) < 4.78 is 10.4. The Hall–Kier alpha value is -3.02. The second-order valence-corrected chi connectivity index (χ2v) is 5.63. The van der Waals surface area contributed by atoms with Crippen LogP contribution in [0.1, 0.15) is 23.6 Å². The molecule has 0 bridgehead atoms. The van der Waals surface area contributed by atoms with E-state index in [0.29, 0.717) is 17.1 Å². The molecular weight excluding hydrogens is 332 g/mol. The van der Waals surface area contributed by atoms with Crippen LogP contribution in [-0.2, 0) is 16.1 Å². The molecule has 2 rings (SSSR count). The average Bonchev–Trinajstić information content (AvgIpc) is 2.66. The third-order valence-corrected chi connectivity index (χ3v) is 3.90. The van der Waals surface area contributed by atoms with Gasteiger partial charge in [0, 0.05) is 11.3 Å². The van der Waals surface area contributed by atoms with E-state index in [2.05, 4.69) is 10.5 Å². The zero-order valence-corrected chi connectivity index (χ0v) is 15.5. The molecule has 1 N–H and O–H groups in total. The molecule has 0 aliphatic carbocycles. The number of hydrogen-bond acceptors (Lipinski definition) is 5. The molecule has 2 aromatic rings. The molecule has 0 aromatic heterocycles. The Morgan fingerprint density at radius 1 is 1.19 bits per heavy atom. The molecule has 2 aromatic carbocycles. The highest BCUT2D eigenvalue weighted by Crippen LogP contribution is 2.22. The summed E-state index contributed by atoms with van der Waals surface area (Å²) in [6, 6.07) is 11.3. The molecule has 0 fully saturated rings. The number of carbonyl (C=O) groups excluding carboxylic acids is 1. The van der Waals surface area contributed by atoms with Crippen molar-refractivity contribution in [2.24, 2.45) is 5.16 Å². The van der Waals surface area contributed by atoms with Gasteiger partial charge in [0.15, 0.2) is 6.61 Å². The van der Waals surface area contributed by atoms with Gasteiger partial charge in [-0.05, 0) is 42.7 Å². The van der Waals surface area contributed by atoms with E-state index in [0.717, 1.165) is 23.2 Å². The molecule has 0 unspecified atom stereocenters. The van der Waals surface area contributed by atoms with Crippen molar-refractivity contribution in [3.8, 4) is 11.5 Å². The lowest BCUT2D eigenvalue weighted by Gasteiger charge is -2.12. The molecule has 0 saturated carbocycles. The topological polar surface area (TPSA) is 69.2 Å². The molecule has 6 heteroatoms. The summed E-state index contributed by atoms with van der Waals surface area (Å²) >= 11 is 0. The Morgan fingerprint density at radius 3 is 2.69 bits per heavy atom. The first kappa shape index (κ1) is 19.3. The highest BCUT2D eigenvalue weighted by molar-refractivity contribution is 5.93. The molecule has 1 amide bonds. The number of aryl methyl sites for hydroxylation is 2. The monoisotopic (exact) mass is 356 g/mol. The number of rotatable bonds is 8. The molecule has 0 radical (unpaired) electrons. The Morgan fingerprint density at radius 2 is 2.00 bits per heavy atom. The number of ether oxygens (including phenoxy) is 2. The first-order valence-corrected chi connectivity index (χ1v) is 8.34. The van der Waals surface area contributed by atoms with Gasteiger partial charge >= 0.3 is 0 Å². The number of amides is 1. The lowest BCUT2D eigenvalue weighted by molar-refractivity contribution is -0.120. The maximum atomic E-state index is 12.1. The van der Waals surface area contributed by atoms with Crippen LogP contribution in [-0.4, -0.2) is 32.9 Å². The molecule has 0 atom stereocenters. The number of hydrogen-bond donors (Lipinski definition) is 1. The van der Waals surface area contributed by atoms with E-state index in [4.69, 9.17) is 14.3 Å². The van der Waals surface area contributed by atoms with Crippen LogP contribution < -0.4 is 14.8 Å². The molecule has 0 saturated heterocycles. The number of nitrogens with one attached hydrogen (secondary N) is 1. The summed E-state index contributed by atoms with van der Waals surface area (Å²) in [7, 11) is 3.15. The van der Waals surface area contributed by atoms with Gasteiger partial charge in [-0.2, -0.15) is 0 Å². The molecular formula is C20H24N2O4. The van der Waals surface area contributed by atoms with Crippen molar-refractivity contribution in [2.75, 3.05) is 26.1 Å². The van der Waals surface area contributed by atoms with Crippen LogP contribution in [0.2, 0.25) is 0 Å². The number of para-hydroxylation sites is 1. The lowest BCUT2D eigenvalue weighted by atomic mass is 10.1. The fourth-order valence-electron chi connectivity index (χ4n) is 2.51. The number of nitrogens with zero attached hydrogens (tertiary/aromatic N) is 1. The van der Waals surface area contributed by atoms with Gasteiger partial charge in [-0.3, -0.25) is 4.79 Å². The largest absolute Gasteiger partial charge is 0.497 e. The molecule has 26 heavy (non-hydrogen) atoms. The summed E-state index contributed by atoms with van der Waals surface area (Å²) in [6.45, 7) is 3.83. The van der Waals surface area contributed by atoms with Crippen molar-refractivity contribution >= 4 is 17.8 Å². The number of anilines is 1. The fourth-order valence-corrected chi connectivity index (χ4v) is 2.51. The smallest absolute Gasteiger partial charge is 0.265 e. The standard InChI is InChI=1S/C20H24N2O4/c1-5-15-8-6-7-14(2)20(15)22-19(23)13-26-21-12-16-11-17(24-3)9-10-18(16)25-4/h6-12H,5,13H2,1-4H3,(H,22,23)/b21-12-. The van der Waals surface area contributed by atoms with Crippen molar-refractivity contribution in [1.82, 2.24) is 0 Å². The van der Waals surface area contributed by atoms with Crippen LogP contribution in [0, 0.1) is 6.92 Å². The number of carbonyl (C=O) groups is 1. The van der Waals surface area contributed by atoms with Crippen molar-refractivity contribution in [3.63, 3.8) is 0 Å². The third kappa shape index (κ3) is 4.99. The minimum absolute atomic E-state index is 0.180. The predicted octanol–water partition coefficient (Wildman–Crippen LogP) is 3.56. The van der Waals surface area contributed by atoms with Gasteiger partial charge in [-0.1, -0.05) is 30.3 Å². The normalized spacial score (nSPS) is 10.6. The average molecular weight is 356 g/mol. The molecule has 0 heterocycles. The van der Waals surface area contributed by atoms with E-state index in [1.165, 1.54) is 6.21 Å². The lowest BCUT2D eigenvalue weighted by Crippen LogP contribution is -2.18. The van der Waals surface area contributed by atoms with Gasteiger partial charge in [0.1, 0.15) is 11.5 Å². The fraction of sp³-hybridized carbons (Fsp3) is 0.300. The van der Waals surface area contributed by atoms with Crippen LogP contribution in [0.15, 0.2) is 41.6 Å². The quantitative estimate of drug-likeness (QED) is 0.580. The summed E-state index contributed by atoms with van der Waals surface area (Å²) in [6.07, 6.45) is 2.33. The van der Waals surface area contributed by atoms with Gasteiger partial charge in [0.2, 0.25) is 0 Å². The zero-order valence-electron chi connectivity index (χ0n) is 15.5. The Bertz CT molecular complexity index is 787. The van der Waals surface area contributed by atoms with Crippen LogP contribution in [0.3, 0.4) is 0 Å². The predicted molar refractivity (Wildman–Crippen MR) is 102 cm³/mol. The summed E-state index contributed by atoms with van der Waals surface area (Å²) in [4.78, 5) is 17.2. The maximum absolute atomic E-state index is 12.1. The highest BCUT2D eigenvalue weighted by Gasteiger charge is 2.09. The van der Waals surface area contributed by atoms with E-state index < -0.39 is 0 Å². The van der Waals surface area contributed by atoms with Crippen molar-refractivity contribution in [3.05, 3.63) is 53.1 Å². The third-order valence-electron chi connectivity index (χ3n) is 3.90. The van der Waals surface area contributed by atoms with Crippen LogP contribution in [0.25, 0.3) is 0 Å². The van der Waals surface area contributed by atoms with E-state index in [-0.39, 0.29) is 12.5 Å². The number of methoxy groups -OCH3 is 2. The second-order valence-electron chi connectivity index (χ2n) is 5.63. The van der Waals surface area contributed by atoms with E-state index in [1.807, 2.05) is 32.0 Å². The highest BCUT2D eigenvalue weighted by atomic mass is 16.6. The first-order valence-electron chi connectivity index (χ1n) is 8.34. The zero-order chi connectivity index (χ0) is 18.9.